The van der Waals surface area contributed by atoms with Crippen LogP contribution in [0.25, 0.3) is 0 Å². The van der Waals surface area contributed by atoms with Crippen LogP contribution in [0.1, 0.15) is 46.1 Å². The topological polar surface area (TPSA) is 52.6 Å². The number of benzene rings is 1. The number of likely N-dealkylation sites (tertiary alicyclic amines) is 1. The molecule has 0 aromatic heterocycles. The fraction of sp³-hybridized carbons (Fsp3) is 0.632. The lowest BCUT2D eigenvalue weighted by atomic mass is 9.83. The molecule has 0 unspecified atom stereocenters. The molecule has 0 bridgehead atoms. The Bertz CT molecular complexity index is 517. The summed E-state index contributed by atoms with van der Waals surface area (Å²) in [6, 6.07) is 9.85. The van der Waals surface area contributed by atoms with E-state index in [4.69, 9.17) is 0 Å². The molecule has 2 N–H and O–H groups in total. The lowest BCUT2D eigenvalue weighted by Gasteiger charge is -2.45. The van der Waals surface area contributed by atoms with Crippen molar-refractivity contribution in [3.05, 3.63) is 35.9 Å². The normalized spacial score (nSPS) is 18.9. The van der Waals surface area contributed by atoms with Crippen LogP contribution in [0.3, 0.4) is 0 Å². The lowest BCUT2D eigenvalue weighted by molar-refractivity contribution is -0.135. The van der Waals surface area contributed by atoms with E-state index in [9.17, 15) is 9.90 Å². The molecular formula is C19H30N2O2. The van der Waals surface area contributed by atoms with Gasteiger partial charge >= 0.3 is 0 Å². The highest BCUT2D eigenvalue weighted by atomic mass is 16.3. The quantitative estimate of drug-likeness (QED) is 0.877. The molecule has 1 aliphatic rings. The van der Waals surface area contributed by atoms with Gasteiger partial charge in [-0.05, 0) is 38.2 Å². The van der Waals surface area contributed by atoms with Crippen molar-refractivity contribution < 1.29 is 9.90 Å². The first kappa shape index (κ1) is 18.0. The molecule has 0 atom stereocenters. The second kappa shape index (κ2) is 7.02. The smallest absolute Gasteiger partial charge is 0.239 e. The minimum Gasteiger partial charge on any atom is -0.385 e. The highest BCUT2D eigenvalue weighted by Gasteiger charge is 2.41. The van der Waals surface area contributed by atoms with Crippen LogP contribution in [-0.4, -0.2) is 41.1 Å². The zero-order valence-corrected chi connectivity index (χ0v) is 14.8. The zero-order chi connectivity index (χ0) is 17.1. The van der Waals surface area contributed by atoms with Crippen molar-refractivity contribution in [3.8, 4) is 0 Å². The van der Waals surface area contributed by atoms with E-state index < -0.39 is 11.1 Å². The minimum absolute atomic E-state index is 0.0661. The van der Waals surface area contributed by atoms with Gasteiger partial charge in [0.05, 0.1) is 11.1 Å². The van der Waals surface area contributed by atoms with Gasteiger partial charge < -0.3 is 10.4 Å². The van der Waals surface area contributed by atoms with Crippen LogP contribution in [0.15, 0.2) is 30.3 Å². The number of hydrogen-bond donors (Lipinski definition) is 2. The second-order valence-electron chi connectivity index (χ2n) is 7.55. The van der Waals surface area contributed by atoms with Crippen molar-refractivity contribution in [2.24, 2.45) is 5.92 Å². The van der Waals surface area contributed by atoms with Gasteiger partial charge in [0.25, 0.3) is 0 Å². The highest BCUT2D eigenvalue weighted by molar-refractivity contribution is 5.85. The largest absolute Gasteiger partial charge is 0.385 e. The summed E-state index contributed by atoms with van der Waals surface area (Å²) in [6.07, 6.45) is 1.30. The number of aliphatic hydroxyl groups is 1. The second-order valence-corrected chi connectivity index (χ2v) is 7.55. The predicted octanol–water partition coefficient (Wildman–Crippen LogP) is 2.52. The fourth-order valence-corrected chi connectivity index (χ4v) is 3.13. The Labute approximate surface area is 139 Å². The van der Waals surface area contributed by atoms with E-state index in [1.54, 1.807) is 0 Å². The van der Waals surface area contributed by atoms with E-state index in [1.165, 1.54) is 0 Å². The molecular weight excluding hydrogens is 288 g/mol. The molecule has 4 heteroatoms. The van der Waals surface area contributed by atoms with Crippen molar-refractivity contribution >= 4 is 5.91 Å². The molecule has 0 spiro atoms. The van der Waals surface area contributed by atoms with Gasteiger partial charge in [-0.25, -0.2) is 0 Å². The average molecular weight is 318 g/mol. The highest BCUT2D eigenvalue weighted by Crippen LogP contribution is 2.34. The summed E-state index contributed by atoms with van der Waals surface area (Å²) < 4.78 is 0. The predicted molar refractivity (Wildman–Crippen MR) is 93.1 cm³/mol. The van der Waals surface area contributed by atoms with Crippen molar-refractivity contribution in [2.75, 3.05) is 19.6 Å². The van der Waals surface area contributed by atoms with Gasteiger partial charge in [-0.1, -0.05) is 44.2 Å². The Kier molecular flexibility index (Phi) is 5.48. The van der Waals surface area contributed by atoms with Crippen LogP contribution >= 0.6 is 0 Å². The van der Waals surface area contributed by atoms with E-state index in [2.05, 4.69) is 24.1 Å². The molecule has 1 fully saturated rings. The summed E-state index contributed by atoms with van der Waals surface area (Å²) in [6.45, 7) is 10.2. The van der Waals surface area contributed by atoms with E-state index in [0.29, 0.717) is 38.4 Å². The third-order valence-electron chi connectivity index (χ3n) is 4.92. The first-order valence-corrected chi connectivity index (χ1v) is 8.57. The Morgan fingerprint density at radius 3 is 2.35 bits per heavy atom. The maximum absolute atomic E-state index is 12.5. The summed E-state index contributed by atoms with van der Waals surface area (Å²) in [4.78, 5) is 14.7. The number of amides is 1. The van der Waals surface area contributed by atoms with Gasteiger partial charge in [-0.15, -0.1) is 0 Å². The fourth-order valence-electron chi connectivity index (χ4n) is 3.13. The molecule has 4 nitrogen and oxygen atoms in total. The zero-order valence-electron chi connectivity index (χ0n) is 14.8. The minimum atomic E-state index is -0.776. The Balaban J connectivity index is 1.99. The molecule has 0 saturated carbocycles. The van der Waals surface area contributed by atoms with Crippen molar-refractivity contribution in [2.45, 2.75) is 51.7 Å². The van der Waals surface area contributed by atoms with E-state index >= 15 is 0 Å². The van der Waals surface area contributed by atoms with Gasteiger partial charge in [0.2, 0.25) is 5.91 Å². The molecule has 128 valence electrons. The van der Waals surface area contributed by atoms with Gasteiger partial charge in [-0.2, -0.15) is 0 Å². The number of hydrogen-bond acceptors (Lipinski definition) is 3. The first-order chi connectivity index (χ1) is 10.8. The van der Waals surface area contributed by atoms with Gasteiger partial charge in [-0.3, -0.25) is 9.69 Å². The van der Waals surface area contributed by atoms with Crippen molar-refractivity contribution in [1.29, 1.82) is 0 Å². The summed E-state index contributed by atoms with van der Waals surface area (Å²) >= 11 is 0. The molecule has 1 aliphatic heterocycles. The van der Waals surface area contributed by atoms with Gasteiger partial charge in [0, 0.05) is 19.6 Å². The van der Waals surface area contributed by atoms with E-state index in [0.717, 1.165) is 5.56 Å². The molecule has 1 saturated heterocycles. The molecule has 23 heavy (non-hydrogen) atoms. The third-order valence-corrected chi connectivity index (χ3v) is 4.92. The SMILES string of the molecule is CC(C)CNC(=O)C(C)(C)N1CCC(O)(c2ccccc2)CC1. The molecule has 2 rings (SSSR count). The van der Waals surface area contributed by atoms with E-state index in [1.807, 2.05) is 44.2 Å². The number of carbonyl (C=O) groups is 1. The van der Waals surface area contributed by atoms with Crippen LogP contribution < -0.4 is 5.32 Å². The maximum atomic E-state index is 12.5. The first-order valence-electron chi connectivity index (χ1n) is 8.57. The average Bonchev–Trinajstić information content (AvgIpc) is 2.53. The Morgan fingerprint density at radius 1 is 1.26 bits per heavy atom. The van der Waals surface area contributed by atoms with Gasteiger partial charge in [0.1, 0.15) is 0 Å². The Morgan fingerprint density at radius 2 is 1.83 bits per heavy atom. The van der Waals surface area contributed by atoms with Crippen molar-refractivity contribution in [1.82, 2.24) is 10.2 Å². The number of nitrogens with zero attached hydrogens (tertiary/aromatic N) is 1. The molecule has 1 aromatic carbocycles. The third kappa shape index (κ3) is 4.12. The molecule has 0 radical (unpaired) electrons. The van der Waals surface area contributed by atoms with Crippen LogP contribution in [0.4, 0.5) is 0 Å². The molecule has 0 aliphatic carbocycles. The van der Waals surface area contributed by atoms with Gasteiger partial charge in [0.15, 0.2) is 0 Å². The summed E-state index contributed by atoms with van der Waals surface area (Å²) in [5, 5.41) is 13.9. The summed E-state index contributed by atoms with van der Waals surface area (Å²) in [5.74, 6) is 0.510. The number of nitrogens with one attached hydrogen (secondary N) is 1. The monoisotopic (exact) mass is 318 g/mol. The van der Waals surface area contributed by atoms with E-state index in [-0.39, 0.29) is 5.91 Å². The standard InChI is InChI=1S/C19H30N2O2/c1-15(2)14-20-17(22)18(3,4)21-12-10-19(23,11-13-21)16-8-6-5-7-9-16/h5-9,15,23H,10-14H2,1-4H3,(H,20,22). The number of rotatable bonds is 5. The molecule has 1 aromatic rings. The summed E-state index contributed by atoms with van der Waals surface area (Å²) in [7, 11) is 0. The molecule has 1 amide bonds. The van der Waals surface area contributed by atoms with Crippen LogP contribution in [0.2, 0.25) is 0 Å². The number of piperidine rings is 1. The Hall–Kier alpha value is -1.39. The van der Waals surface area contributed by atoms with Crippen LogP contribution in [0.5, 0.6) is 0 Å². The van der Waals surface area contributed by atoms with Crippen LogP contribution in [0, 0.1) is 5.92 Å². The number of carbonyl (C=O) groups excluding carboxylic acids is 1. The van der Waals surface area contributed by atoms with Crippen molar-refractivity contribution in [3.63, 3.8) is 0 Å². The van der Waals surface area contributed by atoms with Crippen LogP contribution in [-0.2, 0) is 10.4 Å². The maximum Gasteiger partial charge on any atom is 0.239 e. The summed E-state index contributed by atoms with van der Waals surface area (Å²) in [5.41, 5.74) is -0.350. The lowest BCUT2D eigenvalue weighted by Crippen LogP contribution is -2.59. The molecule has 1 heterocycles.